The predicted octanol–water partition coefficient (Wildman–Crippen LogP) is 4.95. The van der Waals surface area contributed by atoms with Crippen LogP contribution in [0.5, 0.6) is 0 Å². The molecule has 2 aromatic carbocycles. The van der Waals surface area contributed by atoms with E-state index >= 15 is 0 Å². The van der Waals surface area contributed by atoms with Crippen molar-refractivity contribution in [2.45, 2.75) is 38.6 Å². The molecular formula is C19H24BrN. The lowest BCUT2D eigenvalue weighted by Gasteiger charge is -2.36. The van der Waals surface area contributed by atoms with Crippen LogP contribution in [-0.4, -0.2) is 12.6 Å². The molecule has 1 atom stereocenters. The highest BCUT2D eigenvalue weighted by atomic mass is 79.9. The molecule has 0 aliphatic carbocycles. The fourth-order valence-electron chi connectivity index (χ4n) is 2.78. The quantitative estimate of drug-likeness (QED) is 0.781. The lowest BCUT2D eigenvalue weighted by molar-refractivity contribution is 0.342. The summed E-state index contributed by atoms with van der Waals surface area (Å²) in [5.41, 5.74) is 2.81. The van der Waals surface area contributed by atoms with Gasteiger partial charge in [-0.1, -0.05) is 85.2 Å². The maximum Gasteiger partial charge on any atom is 0.0207 e. The van der Waals surface area contributed by atoms with Crippen molar-refractivity contribution in [3.8, 4) is 0 Å². The van der Waals surface area contributed by atoms with E-state index in [1.54, 1.807) is 0 Å². The van der Waals surface area contributed by atoms with Crippen LogP contribution in [0.15, 0.2) is 59.1 Å². The third-order valence-electron chi connectivity index (χ3n) is 4.22. The highest BCUT2D eigenvalue weighted by Crippen LogP contribution is 2.30. The fraction of sp³-hybridized carbons (Fsp3) is 0.368. The van der Waals surface area contributed by atoms with Crippen molar-refractivity contribution in [1.82, 2.24) is 5.32 Å². The normalized spacial score (nSPS) is 13.1. The number of benzene rings is 2. The fourth-order valence-corrected chi connectivity index (χ4v) is 3.23. The number of hydrogen-bond donors (Lipinski definition) is 1. The Bertz CT molecular complexity index is 563. The van der Waals surface area contributed by atoms with Crippen molar-refractivity contribution >= 4 is 15.9 Å². The number of rotatable bonds is 6. The zero-order chi connectivity index (χ0) is 15.3. The summed E-state index contributed by atoms with van der Waals surface area (Å²) in [6.45, 7) is 7.80. The van der Waals surface area contributed by atoms with Gasteiger partial charge in [-0.05, 0) is 30.2 Å². The highest BCUT2D eigenvalue weighted by molar-refractivity contribution is 9.10. The summed E-state index contributed by atoms with van der Waals surface area (Å²) in [5.74, 6) is 0. The van der Waals surface area contributed by atoms with Crippen LogP contribution in [-0.2, 0) is 11.8 Å². The molecule has 1 nitrogen and oxygen atoms in total. The van der Waals surface area contributed by atoms with Crippen molar-refractivity contribution in [2.24, 2.45) is 0 Å². The van der Waals surface area contributed by atoms with E-state index in [0.29, 0.717) is 6.04 Å². The molecular weight excluding hydrogens is 322 g/mol. The molecule has 2 aromatic rings. The molecule has 2 heteroatoms. The van der Waals surface area contributed by atoms with Crippen LogP contribution in [0.2, 0.25) is 0 Å². The van der Waals surface area contributed by atoms with Crippen LogP contribution in [0.4, 0.5) is 0 Å². The Morgan fingerprint density at radius 2 is 1.62 bits per heavy atom. The molecule has 0 bridgehead atoms. The molecule has 0 saturated heterocycles. The average molecular weight is 346 g/mol. The van der Waals surface area contributed by atoms with Gasteiger partial charge >= 0.3 is 0 Å². The van der Waals surface area contributed by atoms with Gasteiger partial charge in [-0.2, -0.15) is 0 Å². The van der Waals surface area contributed by atoms with Crippen molar-refractivity contribution in [2.75, 3.05) is 6.54 Å². The summed E-state index contributed by atoms with van der Waals surface area (Å²) < 4.78 is 1.19. The third-order valence-corrected chi connectivity index (χ3v) is 4.99. The Hall–Kier alpha value is -1.12. The number of likely N-dealkylation sites (N-methyl/N-ethyl adjacent to an activating group) is 1. The standard InChI is InChI=1S/C19H24BrN/c1-4-21-18(14-15-10-8-9-13-17(15)20)19(2,3)16-11-6-5-7-12-16/h5-13,18,21H,4,14H2,1-3H3. The number of halogens is 1. The molecule has 0 spiro atoms. The minimum atomic E-state index is 0.0759. The van der Waals surface area contributed by atoms with Gasteiger partial charge in [0.25, 0.3) is 0 Å². The van der Waals surface area contributed by atoms with Crippen LogP contribution >= 0.6 is 15.9 Å². The first kappa shape index (κ1) is 16.3. The smallest absolute Gasteiger partial charge is 0.0207 e. The minimum Gasteiger partial charge on any atom is -0.313 e. The largest absolute Gasteiger partial charge is 0.313 e. The van der Waals surface area contributed by atoms with E-state index in [0.717, 1.165) is 13.0 Å². The molecule has 1 unspecified atom stereocenters. The zero-order valence-electron chi connectivity index (χ0n) is 13.1. The molecule has 2 rings (SSSR count). The first-order valence-electron chi connectivity index (χ1n) is 7.58. The highest BCUT2D eigenvalue weighted by Gasteiger charge is 2.30. The number of nitrogens with one attached hydrogen (secondary N) is 1. The summed E-state index contributed by atoms with van der Waals surface area (Å²) in [5, 5.41) is 3.68. The maximum atomic E-state index is 3.68. The topological polar surface area (TPSA) is 12.0 Å². The summed E-state index contributed by atoms with van der Waals surface area (Å²) in [6, 6.07) is 19.7. The summed E-state index contributed by atoms with van der Waals surface area (Å²) in [7, 11) is 0. The monoisotopic (exact) mass is 345 g/mol. The summed E-state index contributed by atoms with van der Waals surface area (Å²) in [4.78, 5) is 0. The molecule has 0 amide bonds. The van der Waals surface area contributed by atoms with Gasteiger partial charge < -0.3 is 5.32 Å². The molecule has 0 aliphatic heterocycles. The predicted molar refractivity (Wildman–Crippen MR) is 94.8 cm³/mol. The van der Waals surface area contributed by atoms with E-state index in [2.05, 4.69) is 96.6 Å². The van der Waals surface area contributed by atoms with Crippen molar-refractivity contribution in [3.63, 3.8) is 0 Å². The van der Waals surface area contributed by atoms with E-state index in [4.69, 9.17) is 0 Å². The van der Waals surface area contributed by atoms with Gasteiger partial charge in [0, 0.05) is 15.9 Å². The van der Waals surface area contributed by atoms with Gasteiger partial charge in [-0.15, -0.1) is 0 Å². The molecule has 21 heavy (non-hydrogen) atoms. The van der Waals surface area contributed by atoms with Gasteiger partial charge in [0.2, 0.25) is 0 Å². The van der Waals surface area contributed by atoms with E-state index in [-0.39, 0.29) is 5.41 Å². The lowest BCUT2D eigenvalue weighted by atomic mass is 9.75. The van der Waals surface area contributed by atoms with Crippen LogP contribution < -0.4 is 5.32 Å². The van der Waals surface area contributed by atoms with Gasteiger partial charge in [0.1, 0.15) is 0 Å². The molecule has 0 heterocycles. The lowest BCUT2D eigenvalue weighted by Crippen LogP contribution is -2.46. The molecule has 0 radical (unpaired) electrons. The molecule has 112 valence electrons. The Morgan fingerprint density at radius 3 is 2.24 bits per heavy atom. The Labute approximate surface area is 136 Å². The average Bonchev–Trinajstić information content (AvgIpc) is 2.50. The Kier molecular flexibility index (Phi) is 5.60. The second-order valence-corrected chi connectivity index (χ2v) is 6.85. The summed E-state index contributed by atoms with van der Waals surface area (Å²) in [6.07, 6.45) is 1.01. The van der Waals surface area contributed by atoms with Crippen molar-refractivity contribution in [1.29, 1.82) is 0 Å². The third kappa shape index (κ3) is 3.96. The van der Waals surface area contributed by atoms with E-state index in [1.807, 2.05) is 0 Å². The van der Waals surface area contributed by atoms with Crippen LogP contribution in [0.3, 0.4) is 0 Å². The molecule has 0 aliphatic rings. The zero-order valence-corrected chi connectivity index (χ0v) is 14.7. The van der Waals surface area contributed by atoms with Gasteiger partial charge in [0.15, 0.2) is 0 Å². The van der Waals surface area contributed by atoms with Gasteiger partial charge in [-0.25, -0.2) is 0 Å². The summed E-state index contributed by atoms with van der Waals surface area (Å²) >= 11 is 3.67. The van der Waals surface area contributed by atoms with Crippen LogP contribution in [0.1, 0.15) is 31.9 Å². The Morgan fingerprint density at radius 1 is 1.00 bits per heavy atom. The van der Waals surface area contributed by atoms with Crippen LogP contribution in [0, 0.1) is 0 Å². The Balaban J connectivity index is 2.28. The van der Waals surface area contributed by atoms with Crippen molar-refractivity contribution in [3.05, 3.63) is 70.2 Å². The first-order chi connectivity index (χ1) is 10.1. The molecule has 0 aromatic heterocycles. The van der Waals surface area contributed by atoms with E-state index in [9.17, 15) is 0 Å². The van der Waals surface area contributed by atoms with Crippen molar-refractivity contribution < 1.29 is 0 Å². The molecule has 1 N–H and O–H groups in total. The molecule has 0 saturated carbocycles. The second kappa shape index (κ2) is 7.24. The minimum absolute atomic E-state index is 0.0759. The van der Waals surface area contributed by atoms with Gasteiger partial charge in [0.05, 0.1) is 0 Å². The first-order valence-corrected chi connectivity index (χ1v) is 8.37. The maximum absolute atomic E-state index is 3.68. The van der Waals surface area contributed by atoms with Gasteiger partial charge in [-0.3, -0.25) is 0 Å². The second-order valence-electron chi connectivity index (χ2n) is 5.99. The van der Waals surface area contributed by atoms with E-state index in [1.165, 1.54) is 15.6 Å². The van der Waals surface area contributed by atoms with E-state index < -0.39 is 0 Å². The van der Waals surface area contributed by atoms with Crippen LogP contribution in [0.25, 0.3) is 0 Å². The SMILES string of the molecule is CCNC(Cc1ccccc1Br)C(C)(C)c1ccccc1. The number of hydrogen-bond acceptors (Lipinski definition) is 1. The molecule has 0 fully saturated rings.